The van der Waals surface area contributed by atoms with Gasteiger partial charge in [-0.15, -0.1) is 0 Å². The average Bonchev–Trinajstić information content (AvgIpc) is 2.72. The first-order chi connectivity index (χ1) is 14.3. The molecule has 30 heavy (non-hydrogen) atoms. The molecule has 0 aliphatic rings. The summed E-state index contributed by atoms with van der Waals surface area (Å²) in [5, 5.41) is 0. The maximum absolute atomic E-state index is 14.8. The van der Waals surface area contributed by atoms with Crippen LogP contribution in [-0.4, -0.2) is 0 Å². The highest BCUT2D eigenvalue weighted by Crippen LogP contribution is 2.39. The summed E-state index contributed by atoms with van der Waals surface area (Å²) >= 11 is 0. The van der Waals surface area contributed by atoms with Crippen LogP contribution in [0.2, 0.25) is 0 Å². The molecule has 0 aliphatic carbocycles. The van der Waals surface area contributed by atoms with E-state index >= 15 is 0 Å². The van der Waals surface area contributed by atoms with Gasteiger partial charge in [-0.1, -0.05) is 44.5 Å². The van der Waals surface area contributed by atoms with Crippen molar-refractivity contribution < 1.29 is 27.0 Å². The minimum Gasteiger partial charge on any atom is -0.454 e. The van der Waals surface area contributed by atoms with Crippen molar-refractivity contribution in [1.29, 1.82) is 0 Å². The van der Waals surface area contributed by atoms with E-state index in [4.69, 9.17) is 4.74 Å². The van der Waals surface area contributed by atoms with E-state index in [1.165, 1.54) is 12.1 Å². The zero-order chi connectivity index (χ0) is 21.7. The first-order valence-corrected chi connectivity index (χ1v) is 9.75. The van der Waals surface area contributed by atoms with E-state index in [1.54, 1.807) is 36.4 Å². The monoisotopic (exact) mass is 418 g/mol. The number of hydrogen-bond acceptors (Lipinski definition) is 2. The Kier molecular flexibility index (Phi) is 6.65. The van der Waals surface area contributed by atoms with Crippen molar-refractivity contribution in [3.63, 3.8) is 0 Å². The third-order valence-corrected chi connectivity index (χ3v) is 4.61. The van der Waals surface area contributed by atoms with E-state index in [1.807, 2.05) is 13.8 Å². The molecule has 0 N–H and O–H groups in total. The maximum atomic E-state index is 14.8. The van der Waals surface area contributed by atoms with Gasteiger partial charge in [-0.25, -0.2) is 8.78 Å². The molecule has 3 aromatic rings. The number of hydrogen-bond donors (Lipinski definition) is 0. The molecule has 6 heteroatoms. The van der Waals surface area contributed by atoms with Gasteiger partial charge in [0.2, 0.25) is 0 Å². The number of rotatable bonds is 8. The van der Waals surface area contributed by atoms with Gasteiger partial charge in [0.15, 0.2) is 11.6 Å². The summed E-state index contributed by atoms with van der Waals surface area (Å²) in [5.74, 6) is -3.40. The minimum absolute atomic E-state index is 0.194. The second-order valence-corrected chi connectivity index (χ2v) is 6.85. The Balaban J connectivity index is 1.86. The first kappa shape index (κ1) is 21.7. The molecule has 0 saturated carbocycles. The zero-order valence-electron chi connectivity index (χ0n) is 16.7. The second kappa shape index (κ2) is 9.20. The van der Waals surface area contributed by atoms with E-state index in [-0.39, 0.29) is 11.5 Å². The molecule has 3 rings (SSSR count). The summed E-state index contributed by atoms with van der Waals surface area (Å²) in [6.07, 6.45) is -1.73. The molecule has 0 saturated heterocycles. The number of benzene rings is 3. The van der Waals surface area contributed by atoms with Crippen molar-refractivity contribution in [1.82, 2.24) is 0 Å². The highest BCUT2D eigenvalue weighted by Gasteiger charge is 2.42. The molecule has 3 aromatic carbocycles. The summed E-state index contributed by atoms with van der Waals surface area (Å²) in [6, 6.07) is 14.4. The SMILES string of the molecule is CCCc1ccc(OC(F)(F)c2c(F)ccc(Oc3ccc(CC)cc3)c2F)cc1. The lowest BCUT2D eigenvalue weighted by molar-refractivity contribution is -0.189. The quantitative estimate of drug-likeness (QED) is 0.355. The fourth-order valence-corrected chi connectivity index (χ4v) is 3.01. The first-order valence-electron chi connectivity index (χ1n) is 9.75. The van der Waals surface area contributed by atoms with Crippen molar-refractivity contribution in [3.05, 3.63) is 89.0 Å². The summed E-state index contributed by atoms with van der Waals surface area (Å²) in [4.78, 5) is 0. The topological polar surface area (TPSA) is 18.5 Å². The van der Waals surface area contributed by atoms with Crippen LogP contribution in [0.4, 0.5) is 17.6 Å². The third-order valence-electron chi connectivity index (χ3n) is 4.61. The zero-order valence-corrected chi connectivity index (χ0v) is 16.7. The van der Waals surface area contributed by atoms with Gasteiger partial charge in [-0.05, 0) is 60.4 Å². The normalized spacial score (nSPS) is 11.4. The standard InChI is InChI=1S/C24H22F4O2/c1-3-5-17-8-12-19(13-9-17)30-24(27,28)22-20(25)14-15-21(23(22)26)29-18-10-6-16(4-2)7-11-18/h6-15H,3-5H2,1-2H3. The van der Waals surface area contributed by atoms with Gasteiger partial charge in [-0.3, -0.25) is 0 Å². The summed E-state index contributed by atoms with van der Waals surface area (Å²) in [5.41, 5.74) is 0.491. The summed E-state index contributed by atoms with van der Waals surface area (Å²) < 4.78 is 68.3. The van der Waals surface area contributed by atoms with Crippen LogP contribution in [0.3, 0.4) is 0 Å². The van der Waals surface area contributed by atoms with Gasteiger partial charge >= 0.3 is 6.11 Å². The van der Waals surface area contributed by atoms with E-state index < -0.39 is 29.1 Å². The van der Waals surface area contributed by atoms with Crippen LogP contribution in [-0.2, 0) is 19.0 Å². The predicted octanol–water partition coefficient (Wildman–Crippen LogP) is 7.40. The summed E-state index contributed by atoms with van der Waals surface area (Å²) in [7, 11) is 0. The van der Waals surface area contributed by atoms with E-state index in [0.717, 1.165) is 42.5 Å². The molecule has 158 valence electrons. The van der Waals surface area contributed by atoms with Crippen molar-refractivity contribution in [2.75, 3.05) is 0 Å². The Labute approximate surface area is 173 Å². The Bertz CT molecular complexity index is 983. The van der Waals surface area contributed by atoms with E-state index in [2.05, 4.69) is 4.74 Å². The number of aryl methyl sites for hydroxylation is 2. The molecular weight excluding hydrogens is 396 g/mol. The third kappa shape index (κ3) is 4.93. The molecule has 0 atom stereocenters. The van der Waals surface area contributed by atoms with Crippen LogP contribution < -0.4 is 9.47 Å². The van der Waals surface area contributed by atoms with Gasteiger partial charge in [0.05, 0.1) is 0 Å². The van der Waals surface area contributed by atoms with Gasteiger partial charge in [0.1, 0.15) is 22.9 Å². The van der Waals surface area contributed by atoms with Crippen LogP contribution >= 0.6 is 0 Å². The highest BCUT2D eigenvalue weighted by molar-refractivity contribution is 5.39. The molecular formula is C24H22F4O2. The molecule has 0 amide bonds. The largest absolute Gasteiger partial charge is 0.454 e. The molecule has 0 heterocycles. The van der Waals surface area contributed by atoms with Crippen LogP contribution in [0.25, 0.3) is 0 Å². The highest BCUT2D eigenvalue weighted by atomic mass is 19.3. The molecule has 0 radical (unpaired) electrons. The van der Waals surface area contributed by atoms with Crippen molar-refractivity contribution >= 4 is 0 Å². The molecule has 0 fully saturated rings. The van der Waals surface area contributed by atoms with Crippen molar-refractivity contribution in [2.24, 2.45) is 0 Å². The minimum atomic E-state index is -4.23. The molecule has 2 nitrogen and oxygen atoms in total. The lowest BCUT2D eigenvalue weighted by atomic mass is 10.1. The average molecular weight is 418 g/mol. The van der Waals surface area contributed by atoms with Crippen LogP contribution in [0.5, 0.6) is 17.2 Å². The fourth-order valence-electron chi connectivity index (χ4n) is 3.01. The van der Waals surface area contributed by atoms with E-state index in [9.17, 15) is 17.6 Å². The van der Waals surface area contributed by atoms with Crippen LogP contribution in [0.1, 0.15) is 37.0 Å². The van der Waals surface area contributed by atoms with E-state index in [0.29, 0.717) is 0 Å². The molecule has 0 bridgehead atoms. The van der Waals surface area contributed by atoms with Crippen LogP contribution in [0.15, 0.2) is 60.7 Å². The number of alkyl halides is 2. The van der Waals surface area contributed by atoms with Crippen LogP contribution in [0, 0.1) is 11.6 Å². The Morgan fingerprint density at radius 2 is 1.37 bits per heavy atom. The molecule has 0 spiro atoms. The van der Waals surface area contributed by atoms with Crippen molar-refractivity contribution in [3.8, 4) is 17.2 Å². The van der Waals surface area contributed by atoms with Gasteiger partial charge in [-0.2, -0.15) is 8.78 Å². The fraction of sp³-hybridized carbons (Fsp3) is 0.250. The number of halogens is 4. The van der Waals surface area contributed by atoms with Gasteiger partial charge in [0, 0.05) is 0 Å². The Morgan fingerprint density at radius 1 is 0.767 bits per heavy atom. The molecule has 0 aliphatic heterocycles. The molecule has 0 unspecified atom stereocenters. The predicted molar refractivity (Wildman–Crippen MR) is 107 cm³/mol. The second-order valence-electron chi connectivity index (χ2n) is 6.85. The Morgan fingerprint density at radius 3 is 1.97 bits per heavy atom. The number of ether oxygens (including phenoxy) is 2. The molecule has 0 aromatic heterocycles. The van der Waals surface area contributed by atoms with Gasteiger partial charge in [0.25, 0.3) is 0 Å². The van der Waals surface area contributed by atoms with Gasteiger partial charge < -0.3 is 9.47 Å². The van der Waals surface area contributed by atoms with Crippen molar-refractivity contribution in [2.45, 2.75) is 39.2 Å². The maximum Gasteiger partial charge on any atom is 0.432 e. The summed E-state index contributed by atoms with van der Waals surface area (Å²) in [6.45, 7) is 3.97. The lowest BCUT2D eigenvalue weighted by Gasteiger charge is -2.20. The smallest absolute Gasteiger partial charge is 0.432 e. The lowest BCUT2D eigenvalue weighted by Crippen LogP contribution is -2.25. The Hall–Kier alpha value is -3.02.